The molecule has 1 aromatic rings. The molecule has 1 aliphatic heterocycles. The van der Waals surface area contributed by atoms with Gasteiger partial charge in [-0.2, -0.15) is 0 Å². The minimum atomic E-state index is -0.0659. The number of piperidine rings is 1. The average Bonchev–Trinajstić information content (AvgIpc) is 2.74. The van der Waals surface area contributed by atoms with Gasteiger partial charge in [-0.25, -0.2) is 0 Å². The number of nitrogens with two attached hydrogens (primary N) is 1. The van der Waals surface area contributed by atoms with Crippen LogP contribution < -0.4 is 5.73 Å². The van der Waals surface area contributed by atoms with Gasteiger partial charge in [-0.05, 0) is 40.8 Å². The van der Waals surface area contributed by atoms with Gasteiger partial charge >= 0.3 is 0 Å². The fourth-order valence-corrected chi connectivity index (χ4v) is 2.81. The number of likely N-dealkylation sites (tertiary alicyclic amines) is 1. The summed E-state index contributed by atoms with van der Waals surface area (Å²) >= 11 is 3.32. The van der Waals surface area contributed by atoms with E-state index in [4.69, 9.17) is 10.2 Å². The molecule has 0 unspecified atom stereocenters. The van der Waals surface area contributed by atoms with Crippen LogP contribution in [0.3, 0.4) is 0 Å². The van der Waals surface area contributed by atoms with Crippen LogP contribution in [-0.4, -0.2) is 29.9 Å². The van der Waals surface area contributed by atoms with Gasteiger partial charge < -0.3 is 15.1 Å². The van der Waals surface area contributed by atoms with Gasteiger partial charge in [0.2, 0.25) is 5.76 Å². The highest BCUT2D eigenvalue weighted by Crippen LogP contribution is 2.27. The third-order valence-corrected chi connectivity index (χ3v) is 4.05. The Balaban J connectivity index is 2.21. The largest absolute Gasteiger partial charge is 0.458 e. The number of amides is 1. The maximum atomic E-state index is 12.3. The van der Waals surface area contributed by atoms with Crippen LogP contribution in [0.1, 0.15) is 30.3 Å². The van der Waals surface area contributed by atoms with Crippen molar-refractivity contribution in [1.82, 2.24) is 4.90 Å². The third kappa shape index (κ3) is 2.40. The van der Waals surface area contributed by atoms with E-state index in [9.17, 15) is 4.79 Å². The number of hydrogen-bond acceptors (Lipinski definition) is 3. The molecule has 5 heteroatoms. The second-order valence-corrected chi connectivity index (χ2v) is 5.37. The highest BCUT2D eigenvalue weighted by molar-refractivity contribution is 9.10. The highest BCUT2D eigenvalue weighted by Gasteiger charge is 2.33. The molecule has 0 spiro atoms. The topological polar surface area (TPSA) is 59.5 Å². The summed E-state index contributed by atoms with van der Waals surface area (Å²) in [5.41, 5.74) is 5.78. The first kappa shape index (κ1) is 12.6. The predicted octanol–water partition coefficient (Wildman–Crippen LogP) is 2.24. The van der Waals surface area contributed by atoms with Gasteiger partial charge in [-0.3, -0.25) is 4.79 Å². The summed E-state index contributed by atoms with van der Waals surface area (Å²) in [5, 5.41) is 0. The molecule has 0 aromatic carbocycles. The molecule has 2 atom stereocenters. The van der Waals surface area contributed by atoms with Crippen LogP contribution in [0.5, 0.6) is 0 Å². The van der Waals surface area contributed by atoms with E-state index >= 15 is 0 Å². The number of nitrogens with zero attached hydrogens (tertiary/aromatic N) is 1. The zero-order valence-electron chi connectivity index (χ0n) is 9.86. The molecule has 0 bridgehead atoms. The lowest BCUT2D eigenvalue weighted by Gasteiger charge is -2.39. The zero-order valence-corrected chi connectivity index (χ0v) is 11.4. The molecule has 1 fully saturated rings. The van der Waals surface area contributed by atoms with Crippen molar-refractivity contribution in [3.05, 3.63) is 22.6 Å². The lowest BCUT2D eigenvalue weighted by molar-refractivity contribution is 0.0500. The normalized spacial score (nSPS) is 25.0. The summed E-state index contributed by atoms with van der Waals surface area (Å²) in [6, 6.07) is 1.85. The van der Waals surface area contributed by atoms with E-state index in [-0.39, 0.29) is 11.9 Å². The Morgan fingerprint density at radius 1 is 1.71 bits per heavy atom. The van der Waals surface area contributed by atoms with Crippen molar-refractivity contribution in [3.8, 4) is 0 Å². The SMILES string of the molecule is C[C@@H]1CCCN(C(=O)c2occc2Br)[C@H]1CN. The fourth-order valence-electron chi connectivity index (χ4n) is 2.44. The summed E-state index contributed by atoms with van der Waals surface area (Å²) < 4.78 is 5.93. The molecule has 1 saturated heterocycles. The summed E-state index contributed by atoms with van der Waals surface area (Å²) in [6.07, 6.45) is 3.68. The molecule has 0 aliphatic carbocycles. The van der Waals surface area contributed by atoms with Crippen molar-refractivity contribution in [2.75, 3.05) is 13.1 Å². The second-order valence-electron chi connectivity index (χ2n) is 4.52. The first-order valence-electron chi connectivity index (χ1n) is 5.89. The Morgan fingerprint density at radius 2 is 2.47 bits per heavy atom. The Morgan fingerprint density at radius 3 is 3.06 bits per heavy atom. The van der Waals surface area contributed by atoms with Crippen molar-refractivity contribution in [2.45, 2.75) is 25.8 Å². The summed E-state index contributed by atoms with van der Waals surface area (Å²) in [7, 11) is 0. The van der Waals surface area contributed by atoms with Gasteiger partial charge in [-0.1, -0.05) is 6.92 Å². The Hall–Kier alpha value is -0.810. The van der Waals surface area contributed by atoms with Crippen LogP contribution in [-0.2, 0) is 0 Å². The summed E-state index contributed by atoms with van der Waals surface area (Å²) in [5.74, 6) is 0.757. The number of halogens is 1. The number of furan rings is 1. The molecular weight excluding hydrogens is 284 g/mol. The molecule has 4 nitrogen and oxygen atoms in total. The molecule has 1 amide bonds. The molecule has 1 aromatic heterocycles. The van der Waals surface area contributed by atoms with E-state index < -0.39 is 0 Å². The quantitative estimate of drug-likeness (QED) is 0.911. The molecule has 0 saturated carbocycles. The van der Waals surface area contributed by atoms with E-state index in [1.54, 1.807) is 6.07 Å². The van der Waals surface area contributed by atoms with Crippen LogP contribution in [0.4, 0.5) is 0 Å². The van der Waals surface area contributed by atoms with Crippen molar-refractivity contribution in [2.24, 2.45) is 11.7 Å². The highest BCUT2D eigenvalue weighted by atomic mass is 79.9. The predicted molar refractivity (Wildman–Crippen MR) is 68.7 cm³/mol. The van der Waals surface area contributed by atoms with Crippen molar-refractivity contribution in [1.29, 1.82) is 0 Å². The van der Waals surface area contributed by atoms with E-state index in [0.717, 1.165) is 19.4 Å². The molecule has 1 aliphatic rings. The van der Waals surface area contributed by atoms with Crippen LogP contribution in [0.15, 0.2) is 21.2 Å². The van der Waals surface area contributed by atoms with Crippen molar-refractivity contribution < 1.29 is 9.21 Å². The maximum absolute atomic E-state index is 12.3. The van der Waals surface area contributed by atoms with Gasteiger partial charge in [0.1, 0.15) is 0 Å². The number of carbonyl (C=O) groups is 1. The van der Waals surface area contributed by atoms with E-state index in [2.05, 4.69) is 22.9 Å². The fraction of sp³-hybridized carbons (Fsp3) is 0.583. The van der Waals surface area contributed by atoms with Crippen LogP contribution in [0.25, 0.3) is 0 Å². The molecule has 0 radical (unpaired) electrons. The first-order valence-corrected chi connectivity index (χ1v) is 6.68. The van der Waals surface area contributed by atoms with E-state index in [1.165, 1.54) is 6.26 Å². The monoisotopic (exact) mass is 300 g/mol. The molecule has 2 N–H and O–H groups in total. The smallest absolute Gasteiger partial charge is 0.291 e. The Labute approximate surface area is 109 Å². The van der Waals surface area contributed by atoms with Crippen LogP contribution >= 0.6 is 15.9 Å². The standard InChI is InChI=1S/C12H17BrN2O2/c1-8-3-2-5-15(10(8)7-14)12(16)11-9(13)4-6-17-11/h4,6,8,10H,2-3,5,7,14H2,1H3/t8-,10+/m1/s1. The minimum absolute atomic E-state index is 0.0659. The first-order chi connectivity index (χ1) is 8.15. The van der Waals surface area contributed by atoms with Crippen LogP contribution in [0, 0.1) is 5.92 Å². The Kier molecular flexibility index (Phi) is 3.89. The average molecular weight is 301 g/mol. The van der Waals surface area contributed by atoms with E-state index in [1.807, 2.05) is 4.90 Å². The summed E-state index contributed by atoms with van der Waals surface area (Å²) in [6.45, 7) is 3.41. The molecule has 17 heavy (non-hydrogen) atoms. The lowest BCUT2D eigenvalue weighted by atomic mass is 9.90. The summed E-state index contributed by atoms with van der Waals surface area (Å²) in [4.78, 5) is 14.2. The lowest BCUT2D eigenvalue weighted by Crippen LogP contribution is -2.51. The number of carbonyl (C=O) groups excluding carboxylic acids is 1. The molecule has 94 valence electrons. The molecular formula is C12H17BrN2O2. The zero-order chi connectivity index (χ0) is 12.4. The third-order valence-electron chi connectivity index (χ3n) is 3.43. The van der Waals surface area contributed by atoms with Crippen molar-refractivity contribution >= 4 is 21.8 Å². The van der Waals surface area contributed by atoms with Gasteiger partial charge in [0.15, 0.2) is 0 Å². The Bertz CT molecular complexity index is 405. The van der Waals surface area contributed by atoms with Gasteiger partial charge in [0.25, 0.3) is 5.91 Å². The molecule has 2 heterocycles. The van der Waals surface area contributed by atoms with Gasteiger partial charge in [0.05, 0.1) is 10.7 Å². The van der Waals surface area contributed by atoms with Gasteiger partial charge in [-0.15, -0.1) is 0 Å². The van der Waals surface area contributed by atoms with Crippen LogP contribution in [0.2, 0.25) is 0 Å². The number of rotatable bonds is 2. The van der Waals surface area contributed by atoms with Gasteiger partial charge in [0, 0.05) is 19.1 Å². The van der Waals surface area contributed by atoms with Crippen molar-refractivity contribution in [3.63, 3.8) is 0 Å². The maximum Gasteiger partial charge on any atom is 0.291 e. The second kappa shape index (κ2) is 5.23. The number of hydrogen-bond donors (Lipinski definition) is 1. The minimum Gasteiger partial charge on any atom is -0.458 e. The van der Waals surface area contributed by atoms with E-state index in [0.29, 0.717) is 22.7 Å². The molecule has 2 rings (SSSR count).